The molecule has 0 heterocycles. The molecule has 2 unspecified atom stereocenters. The molecule has 1 nitrogen and oxygen atoms in total. The van der Waals surface area contributed by atoms with Crippen molar-refractivity contribution in [3.05, 3.63) is 41.3 Å². The maximum atomic E-state index is 9.37. The molecule has 2 atom stereocenters. The quantitative estimate of drug-likeness (QED) is 0.773. The Bertz CT molecular complexity index is 294. The molecule has 0 saturated heterocycles. The summed E-state index contributed by atoms with van der Waals surface area (Å²) in [6.45, 7) is 7.54. The number of aryl methyl sites for hydroxylation is 1. The minimum absolute atomic E-state index is 0.160. The van der Waals surface area contributed by atoms with E-state index in [9.17, 15) is 5.11 Å². The van der Waals surface area contributed by atoms with Crippen LogP contribution >= 0.6 is 11.6 Å². The third-order valence-corrected chi connectivity index (χ3v) is 2.72. The van der Waals surface area contributed by atoms with Crippen molar-refractivity contribution in [2.45, 2.75) is 25.9 Å². The van der Waals surface area contributed by atoms with E-state index in [1.807, 2.05) is 25.1 Å². The van der Waals surface area contributed by atoms with E-state index in [1.165, 1.54) is 0 Å². The topological polar surface area (TPSA) is 20.2 Å². The zero-order chi connectivity index (χ0) is 10.0. The van der Waals surface area contributed by atoms with Gasteiger partial charge in [0.2, 0.25) is 0 Å². The van der Waals surface area contributed by atoms with Crippen LogP contribution < -0.4 is 0 Å². The molecule has 2 heteroatoms. The van der Waals surface area contributed by atoms with Crippen LogP contribution in [-0.4, -0.2) is 11.2 Å². The Hall–Kier alpha value is -0.530. The fraction of sp³-hybridized carbons (Fsp3) is 0.364. The van der Waals surface area contributed by atoms with Crippen LogP contribution in [0, 0.1) is 13.8 Å². The monoisotopic (exact) mass is 197 g/mol. The molecule has 0 aliphatic rings. The van der Waals surface area contributed by atoms with Crippen LogP contribution in [0.1, 0.15) is 24.0 Å². The molecule has 1 N–H and O–H groups in total. The predicted octanol–water partition coefficient (Wildman–Crippen LogP) is 2.95. The van der Waals surface area contributed by atoms with E-state index in [0.717, 1.165) is 11.1 Å². The van der Waals surface area contributed by atoms with E-state index in [0.29, 0.717) is 5.02 Å². The Morgan fingerprint density at radius 1 is 1.46 bits per heavy atom. The zero-order valence-electron chi connectivity index (χ0n) is 7.92. The summed E-state index contributed by atoms with van der Waals surface area (Å²) in [5.41, 5.74) is 1.94. The fourth-order valence-corrected chi connectivity index (χ4v) is 1.48. The van der Waals surface area contributed by atoms with Crippen LogP contribution in [0.15, 0.2) is 18.2 Å². The van der Waals surface area contributed by atoms with Gasteiger partial charge in [0.25, 0.3) is 0 Å². The highest BCUT2D eigenvalue weighted by Crippen LogP contribution is 2.28. The van der Waals surface area contributed by atoms with Gasteiger partial charge in [-0.2, -0.15) is 0 Å². The predicted molar refractivity (Wildman–Crippen MR) is 56.0 cm³/mol. The minimum Gasteiger partial charge on any atom is -0.393 e. The summed E-state index contributed by atoms with van der Waals surface area (Å²) in [4.78, 5) is 0. The molecule has 0 aliphatic carbocycles. The summed E-state index contributed by atoms with van der Waals surface area (Å²) in [6.07, 6.45) is -0.473. The van der Waals surface area contributed by atoms with Crippen molar-refractivity contribution in [3.8, 4) is 0 Å². The molecule has 71 valence electrons. The number of aliphatic hydroxyl groups excluding tert-OH is 1. The molecule has 1 aromatic rings. The fourth-order valence-electron chi connectivity index (χ4n) is 1.22. The number of hydrogen-bond acceptors (Lipinski definition) is 1. The van der Waals surface area contributed by atoms with Crippen molar-refractivity contribution >= 4 is 11.6 Å². The standard InChI is InChI=1S/C11H14ClO/c1-7-5-4-6-10(11(7)12)8(2)9(3)13/h4-6,8-9,13H,2H2,1,3H3. The lowest BCUT2D eigenvalue weighted by molar-refractivity contribution is 0.178. The van der Waals surface area contributed by atoms with Crippen molar-refractivity contribution in [2.75, 3.05) is 0 Å². The lowest BCUT2D eigenvalue weighted by Gasteiger charge is -2.17. The molecule has 0 amide bonds. The number of aliphatic hydroxyl groups is 1. The van der Waals surface area contributed by atoms with Gasteiger partial charge < -0.3 is 5.11 Å². The molecule has 1 radical (unpaired) electrons. The Labute approximate surface area is 84.4 Å². The first kappa shape index (κ1) is 10.6. The average molecular weight is 198 g/mol. The molecule has 0 bridgehead atoms. The van der Waals surface area contributed by atoms with Gasteiger partial charge in [-0.15, -0.1) is 0 Å². The third-order valence-electron chi connectivity index (χ3n) is 2.20. The molecule has 0 aromatic heterocycles. The maximum absolute atomic E-state index is 9.37. The van der Waals surface area contributed by atoms with Gasteiger partial charge in [0, 0.05) is 10.9 Å². The van der Waals surface area contributed by atoms with Crippen LogP contribution in [0.25, 0.3) is 0 Å². The first-order valence-corrected chi connectivity index (χ1v) is 4.68. The van der Waals surface area contributed by atoms with Crippen LogP contribution in [-0.2, 0) is 0 Å². The van der Waals surface area contributed by atoms with Gasteiger partial charge >= 0.3 is 0 Å². The van der Waals surface area contributed by atoms with Crippen LogP contribution in [0.3, 0.4) is 0 Å². The molecule has 0 saturated carbocycles. The van der Waals surface area contributed by atoms with Gasteiger partial charge in [-0.1, -0.05) is 29.8 Å². The smallest absolute Gasteiger partial charge is 0.0581 e. The summed E-state index contributed by atoms with van der Waals surface area (Å²) in [5, 5.41) is 10.1. The van der Waals surface area contributed by atoms with Gasteiger partial charge in [0.05, 0.1) is 6.10 Å². The number of hydrogen-bond donors (Lipinski definition) is 1. The normalized spacial score (nSPS) is 15.5. The van der Waals surface area contributed by atoms with E-state index < -0.39 is 6.10 Å². The van der Waals surface area contributed by atoms with E-state index >= 15 is 0 Å². The minimum atomic E-state index is -0.473. The Balaban J connectivity index is 3.07. The molecular weight excluding hydrogens is 184 g/mol. The van der Waals surface area contributed by atoms with Crippen molar-refractivity contribution < 1.29 is 5.11 Å². The van der Waals surface area contributed by atoms with E-state index in [-0.39, 0.29) is 5.92 Å². The summed E-state index contributed by atoms with van der Waals surface area (Å²) < 4.78 is 0. The summed E-state index contributed by atoms with van der Waals surface area (Å²) in [6, 6.07) is 5.78. The number of rotatable bonds is 2. The average Bonchev–Trinajstić information content (AvgIpc) is 2.08. The van der Waals surface area contributed by atoms with Gasteiger partial charge in [-0.05, 0) is 31.9 Å². The molecule has 1 aromatic carbocycles. The maximum Gasteiger partial charge on any atom is 0.0581 e. The van der Waals surface area contributed by atoms with Crippen molar-refractivity contribution in [3.63, 3.8) is 0 Å². The Morgan fingerprint density at radius 2 is 2.08 bits per heavy atom. The van der Waals surface area contributed by atoms with Gasteiger partial charge in [-0.25, -0.2) is 0 Å². The van der Waals surface area contributed by atoms with E-state index in [1.54, 1.807) is 6.92 Å². The first-order valence-electron chi connectivity index (χ1n) is 4.30. The lowest BCUT2D eigenvalue weighted by atomic mass is 9.95. The molecule has 0 fully saturated rings. The largest absolute Gasteiger partial charge is 0.393 e. The van der Waals surface area contributed by atoms with E-state index in [4.69, 9.17) is 11.6 Å². The van der Waals surface area contributed by atoms with Crippen LogP contribution in [0.2, 0.25) is 5.02 Å². The van der Waals surface area contributed by atoms with Crippen LogP contribution in [0.4, 0.5) is 0 Å². The second-order valence-corrected chi connectivity index (χ2v) is 3.70. The molecular formula is C11H14ClO. The Kier molecular flexibility index (Phi) is 3.34. The SMILES string of the molecule is [CH2]C(c1cccc(C)c1Cl)C(C)O. The summed E-state index contributed by atoms with van der Waals surface area (Å²) >= 11 is 6.08. The second kappa shape index (κ2) is 4.12. The Morgan fingerprint density at radius 3 is 2.62 bits per heavy atom. The second-order valence-electron chi connectivity index (χ2n) is 3.33. The molecule has 13 heavy (non-hydrogen) atoms. The van der Waals surface area contributed by atoms with Crippen molar-refractivity contribution in [2.24, 2.45) is 0 Å². The first-order chi connectivity index (χ1) is 6.04. The van der Waals surface area contributed by atoms with Gasteiger partial charge in [0.1, 0.15) is 0 Å². The van der Waals surface area contributed by atoms with Crippen LogP contribution in [0.5, 0.6) is 0 Å². The highest BCUT2D eigenvalue weighted by molar-refractivity contribution is 6.32. The highest BCUT2D eigenvalue weighted by Gasteiger charge is 2.15. The van der Waals surface area contributed by atoms with E-state index in [2.05, 4.69) is 6.92 Å². The van der Waals surface area contributed by atoms with Gasteiger partial charge in [-0.3, -0.25) is 0 Å². The van der Waals surface area contributed by atoms with Gasteiger partial charge in [0.15, 0.2) is 0 Å². The number of halogens is 1. The molecule has 0 spiro atoms. The zero-order valence-corrected chi connectivity index (χ0v) is 8.67. The van der Waals surface area contributed by atoms with Crippen molar-refractivity contribution in [1.82, 2.24) is 0 Å². The lowest BCUT2D eigenvalue weighted by Crippen LogP contribution is -2.11. The number of benzene rings is 1. The highest BCUT2D eigenvalue weighted by atomic mass is 35.5. The molecule has 1 rings (SSSR count). The molecule has 0 aliphatic heterocycles. The summed E-state index contributed by atoms with van der Waals surface area (Å²) in [7, 11) is 0. The summed E-state index contributed by atoms with van der Waals surface area (Å²) in [5.74, 6) is -0.160. The van der Waals surface area contributed by atoms with Crippen molar-refractivity contribution in [1.29, 1.82) is 0 Å². The third kappa shape index (κ3) is 2.23.